The van der Waals surface area contributed by atoms with Crippen LogP contribution in [-0.2, 0) is 0 Å². The predicted molar refractivity (Wildman–Crippen MR) is 258 cm³/mol. The lowest BCUT2D eigenvalue weighted by Crippen LogP contribution is -2.10. The number of rotatable bonds is 7. The van der Waals surface area contributed by atoms with E-state index in [9.17, 15) is 0 Å². The van der Waals surface area contributed by atoms with Crippen LogP contribution in [0.5, 0.6) is 0 Å². The number of para-hydroxylation sites is 3. The van der Waals surface area contributed by atoms with Gasteiger partial charge in [-0.1, -0.05) is 158 Å². The molecule has 2 aromatic heterocycles. The highest BCUT2D eigenvalue weighted by Crippen LogP contribution is 2.45. The minimum absolute atomic E-state index is 1.09. The van der Waals surface area contributed by atoms with Crippen molar-refractivity contribution in [2.75, 3.05) is 4.90 Å². The molecular formula is C58H39N3. The molecule has 0 saturated heterocycles. The zero-order chi connectivity index (χ0) is 40.3. The van der Waals surface area contributed by atoms with Gasteiger partial charge in [-0.05, 0) is 112 Å². The Labute approximate surface area is 354 Å². The zero-order valence-corrected chi connectivity index (χ0v) is 33.4. The molecule has 12 aromatic rings. The summed E-state index contributed by atoms with van der Waals surface area (Å²) >= 11 is 0. The Hall–Kier alpha value is -8.14. The van der Waals surface area contributed by atoms with Crippen molar-refractivity contribution in [1.82, 2.24) is 9.13 Å². The van der Waals surface area contributed by atoms with Gasteiger partial charge >= 0.3 is 0 Å². The van der Waals surface area contributed by atoms with E-state index < -0.39 is 0 Å². The fraction of sp³-hybridized carbons (Fsp3) is 0. The molecule has 61 heavy (non-hydrogen) atoms. The summed E-state index contributed by atoms with van der Waals surface area (Å²) in [5, 5.41) is 7.41. The minimum atomic E-state index is 1.09. The van der Waals surface area contributed by atoms with Gasteiger partial charge < -0.3 is 14.0 Å². The van der Waals surface area contributed by atoms with Crippen molar-refractivity contribution in [1.29, 1.82) is 0 Å². The number of benzene rings is 10. The Morgan fingerprint density at radius 2 is 0.803 bits per heavy atom. The van der Waals surface area contributed by atoms with Gasteiger partial charge in [0.25, 0.3) is 0 Å². The molecule has 0 saturated carbocycles. The van der Waals surface area contributed by atoms with Gasteiger partial charge in [0, 0.05) is 44.3 Å². The molecule has 0 fully saturated rings. The summed E-state index contributed by atoms with van der Waals surface area (Å²) in [6.07, 6.45) is 0. The van der Waals surface area contributed by atoms with Crippen LogP contribution in [0.15, 0.2) is 237 Å². The molecule has 0 aliphatic heterocycles. The van der Waals surface area contributed by atoms with Gasteiger partial charge in [-0.2, -0.15) is 0 Å². The highest BCUT2D eigenvalue weighted by molar-refractivity contribution is 6.16. The first-order valence-electron chi connectivity index (χ1n) is 20.9. The highest BCUT2D eigenvalue weighted by atomic mass is 15.1. The van der Waals surface area contributed by atoms with E-state index in [1.807, 2.05) is 0 Å². The van der Waals surface area contributed by atoms with Crippen molar-refractivity contribution in [3.63, 3.8) is 0 Å². The topological polar surface area (TPSA) is 13.1 Å². The normalized spacial score (nSPS) is 11.6. The molecule has 0 amide bonds. The molecule has 0 spiro atoms. The van der Waals surface area contributed by atoms with Crippen molar-refractivity contribution in [3.8, 4) is 33.6 Å². The minimum Gasteiger partial charge on any atom is -0.310 e. The molecule has 3 heteroatoms. The Balaban J connectivity index is 1.02. The predicted octanol–water partition coefficient (Wildman–Crippen LogP) is 15.8. The summed E-state index contributed by atoms with van der Waals surface area (Å²) in [4.78, 5) is 2.42. The second-order valence-electron chi connectivity index (χ2n) is 15.8. The monoisotopic (exact) mass is 777 g/mol. The van der Waals surface area contributed by atoms with Gasteiger partial charge in [-0.25, -0.2) is 0 Å². The molecule has 0 unspecified atom stereocenters. The van der Waals surface area contributed by atoms with Crippen LogP contribution in [0.1, 0.15) is 0 Å². The van der Waals surface area contributed by atoms with Crippen molar-refractivity contribution in [2.45, 2.75) is 0 Å². The van der Waals surface area contributed by atoms with Crippen LogP contribution in [-0.4, -0.2) is 9.13 Å². The molecule has 12 rings (SSSR count). The standard InChI is InChI=1S/C58H39N3/c1-3-14-40(15-4-1)42-26-32-47(33-27-42)59(55-24-13-25-56-58(55)52-21-10-12-23-54(52)60(56)46-18-5-2-6-19-46)48-34-28-43(29-35-48)45-31-37-51-50-20-9-11-22-53(50)61(57(51)39-45)49-36-30-41-16-7-8-17-44(41)38-49/h1-39H. The number of anilines is 3. The third-order valence-corrected chi connectivity index (χ3v) is 12.3. The van der Waals surface area contributed by atoms with Crippen LogP contribution >= 0.6 is 0 Å². The molecule has 0 radical (unpaired) electrons. The van der Waals surface area contributed by atoms with Gasteiger partial charge in [-0.3, -0.25) is 0 Å². The Bertz CT molecular complexity index is 3560. The van der Waals surface area contributed by atoms with Crippen LogP contribution < -0.4 is 4.90 Å². The van der Waals surface area contributed by atoms with E-state index in [0.717, 1.165) is 28.4 Å². The van der Waals surface area contributed by atoms with E-state index in [0.29, 0.717) is 0 Å². The number of hydrogen-bond donors (Lipinski definition) is 0. The van der Waals surface area contributed by atoms with Crippen LogP contribution in [0, 0.1) is 0 Å². The quantitative estimate of drug-likeness (QED) is 0.157. The average Bonchev–Trinajstić information content (AvgIpc) is 3.85. The van der Waals surface area contributed by atoms with E-state index in [1.165, 1.54) is 76.6 Å². The van der Waals surface area contributed by atoms with Crippen LogP contribution in [0.2, 0.25) is 0 Å². The first-order valence-corrected chi connectivity index (χ1v) is 20.9. The molecule has 0 N–H and O–H groups in total. The summed E-state index contributed by atoms with van der Waals surface area (Å²) < 4.78 is 4.81. The van der Waals surface area contributed by atoms with Gasteiger partial charge in [0.1, 0.15) is 0 Å². The smallest absolute Gasteiger partial charge is 0.0562 e. The number of nitrogens with zero attached hydrogens (tertiary/aromatic N) is 3. The zero-order valence-electron chi connectivity index (χ0n) is 33.4. The third kappa shape index (κ3) is 5.82. The molecule has 0 aliphatic rings. The van der Waals surface area contributed by atoms with E-state index in [1.54, 1.807) is 0 Å². The maximum absolute atomic E-state index is 2.42. The van der Waals surface area contributed by atoms with Crippen molar-refractivity contribution >= 4 is 71.4 Å². The first-order chi connectivity index (χ1) is 30.3. The summed E-state index contributed by atoms with van der Waals surface area (Å²) in [7, 11) is 0. The van der Waals surface area contributed by atoms with Gasteiger partial charge in [-0.15, -0.1) is 0 Å². The second kappa shape index (κ2) is 14.3. The number of hydrogen-bond acceptors (Lipinski definition) is 1. The fourth-order valence-corrected chi connectivity index (χ4v) is 9.45. The van der Waals surface area contributed by atoms with Gasteiger partial charge in [0.15, 0.2) is 0 Å². The molecular weight excluding hydrogens is 739 g/mol. The summed E-state index contributed by atoms with van der Waals surface area (Å²) in [6, 6.07) is 85.9. The van der Waals surface area contributed by atoms with Crippen molar-refractivity contribution in [3.05, 3.63) is 237 Å². The molecule has 0 atom stereocenters. The maximum Gasteiger partial charge on any atom is 0.0562 e. The van der Waals surface area contributed by atoms with Crippen LogP contribution in [0.25, 0.3) is 88.0 Å². The molecule has 286 valence electrons. The number of fused-ring (bicyclic) bond motifs is 7. The van der Waals surface area contributed by atoms with Gasteiger partial charge in [0.2, 0.25) is 0 Å². The van der Waals surface area contributed by atoms with Crippen LogP contribution in [0.4, 0.5) is 17.1 Å². The summed E-state index contributed by atoms with van der Waals surface area (Å²) in [5.74, 6) is 0. The summed E-state index contributed by atoms with van der Waals surface area (Å²) in [6.45, 7) is 0. The Kier molecular flexibility index (Phi) is 8.17. The van der Waals surface area contributed by atoms with Gasteiger partial charge in [0.05, 0.1) is 27.8 Å². The maximum atomic E-state index is 2.42. The van der Waals surface area contributed by atoms with Crippen molar-refractivity contribution in [2.24, 2.45) is 0 Å². The Morgan fingerprint density at radius 1 is 0.279 bits per heavy atom. The van der Waals surface area contributed by atoms with E-state index in [-0.39, 0.29) is 0 Å². The van der Waals surface area contributed by atoms with E-state index in [4.69, 9.17) is 0 Å². The van der Waals surface area contributed by atoms with E-state index >= 15 is 0 Å². The molecule has 0 bridgehead atoms. The largest absolute Gasteiger partial charge is 0.310 e. The fourth-order valence-electron chi connectivity index (χ4n) is 9.45. The first kappa shape index (κ1) is 34.9. The lowest BCUT2D eigenvalue weighted by atomic mass is 10.0. The number of aromatic nitrogens is 2. The average molecular weight is 778 g/mol. The summed E-state index contributed by atoms with van der Waals surface area (Å²) in [5.41, 5.74) is 15.1. The molecule has 2 heterocycles. The molecule has 3 nitrogen and oxygen atoms in total. The SMILES string of the molecule is c1ccc(-c2ccc(N(c3ccc(-c4ccc5c6ccccc6n(-c6ccc7ccccc7c6)c5c4)cc3)c3cccc4c3c3ccccc3n4-c3ccccc3)cc2)cc1. The lowest BCUT2D eigenvalue weighted by Gasteiger charge is -2.27. The highest BCUT2D eigenvalue weighted by Gasteiger charge is 2.21. The second-order valence-corrected chi connectivity index (χ2v) is 15.8. The lowest BCUT2D eigenvalue weighted by molar-refractivity contribution is 1.18. The third-order valence-electron chi connectivity index (χ3n) is 12.3. The molecule has 10 aromatic carbocycles. The Morgan fingerprint density at radius 3 is 1.54 bits per heavy atom. The van der Waals surface area contributed by atoms with E-state index in [2.05, 4.69) is 251 Å². The molecule has 0 aliphatic carbocycles. The van der Waals surface area contributed by atoms with Crippen molar-refractivity contribution < 1.29 is 0 Å². The van der Waals surface area contributed by atoms with Crippen LogP contribution in [0.3, 0.4) is 0 Å².